The van der Waals surface area contributed by atoms with Gasteiger partial charge in [0.25, 0.3) is 0 Å². The second kappa shape index (κ2) is 7.92. The van der Waals surface area contributed by atoms with E-state index in [9.17, 15) is 4.79 Å². The van der Waals surface area contributed by atoms with Crippen LogP contribution in [0.3, 0.4) is 0 Å². The Hall–Kier alpha value is -2.33. The summed E-state index contributed by atoms with van der Waals surface area (Å²) in [6.07, 6.45) is 3.21. The van der Waals surface area contributed by atoms with E-state index in [0.717, 1.165) is 56.9 Å². The molecule has 26 heavy (non-hydrogen) atoms. The lowest BCUT2D eigenvalue weighted by Crippen LogP contribution is -2.37. The minimum atomic E-state index is 0.0368. The molecule has 0 aromatic heterocycles. The smallest absolute Gasteiger partial charge is 0.232 e. The van der Waals surface area contributed by atoms with Gasteiger partial charge in [0.2, 0.25) is 5.91 Å². The molecule has 4 heteroatoms. The predicted octanol–water partition coefficient (Wildman–Crippen LogP) is 3.90. The zero-order valence-electron chi connectivity index (χ0n) is 15.1. The van der Waals surface area contributed by atoms with E-state index in [4.69, 9.17) is 4.74 Å². The molecular formula is C22H26N2O2. The first kappa shape index (κ1) is 17.1. The lowest BCUT2D eigenvalue weighted by molar-refractivity contribution is -0.118. The average Bonchev–Trinajstić information content (AvgIpc) is 3.02. The maximum Gasteiger partial charge on any atom is 0.232 e. The molecule has 2 aliphatic rings. The van der Waals surface area contributed by atoms with Crippen molar-refractivity contribution in [3.8, 4) is 5.75 Å². The Morgan fingerprint density at radius 3 is 2.54 bits per heavy atom. The standard InChI is InChI=1S/C22H26N2O2/c25-22-21(19-9-4-5-10-20(19)23-22)17-11-14-24(15-12-17)13-6-16-26-18-7-2-1-3-8-18/h1-5,7-10,17,21H,6,11-16H2,(H,23,25). The van der Waals surface area contributed by atoms with E-state index in [1.54, 1.807) is 0 Å². The van der Waals surface area contributed by atoms with E-state index in [2.05, 4.69) is 16.3 Å². The molecule has 0 saturated carbocycles. The van der Waals surface area contributed by atoms with Gasteiger partial charge in [-0.05, 0) is 62.0 Å². The van der Waals surface area contributed by atoms with Gasteiger partial charge in [0.1, 0.15) is 5.75 Å². The molecule has 4 rings (SSSR count). The maximum atomic E-state index is 12.4. The van der Waals surface area contributed by atoms with Crippen LogP contribution in [0.5, 0.6) is 5.75 Å². The monoisotopic (exact) mass is 350 g/mol. The van der Waals surface area contributed by atoms with E-state index in [-0.39, 0.29) is 11.8 Å². The van der Waals surface area contributed by atoms with Crippen molar-refractivity contribution in [3.63, 3.8) is 0 Å². The van der Waals surface area contributed by atoms with E-state index in [0.29, 0.717) is 5.92 Å². The Labute approximate surface area is 155 Å². The number of rotatable bonds is 6. The topological polar surface area (TPSA) is 41.6 Å². The van der Waals surface area contributed by atoms with Crippen LogP contribution in [0.1, 0.15) is 30.7 Å². The minimum absolute atomic E-state index is 0.0368. The lowest BCUT2D eigenvalue weighted by Gasteiger charge is -2.34. The maximum absolute atomic E-state index is 12.4. The fraction of sp³-hybridized carbons (Fsp3) is 0.409. The lowest BCUT2D eigenvalue weighted by atomic mass is 9.81. The highest BCUT2D eigenvalue weighted by Gasteiger charge is 2.37. The van der Waals surface area contributed by atoms with Gasteiger partial charge in [-0.1, -0.05) is 36.4 Å². The minimum Gasteiger partial charge on any atom is -0.494 e. The van der Waals surface area contributed by atoms with Gasteiger partial charge in [-0.25, -0.2) is 0 Å². The van der Waals surface area contributed by atoms with Crippen LogP contribution in [0, 0.1) is 5.92 Å². The van der Waals surface area contributed by atoms with E-state index in [1.807, 2.05) is 48.5 Å². The summed E-state index contributed by atoms with van der Waals surface area (Å²) in [5, 5.41) is 3.04. The molecule has 1 atom stereocenters. The summed E-state index contributed by atoms with van der Waals surface area (Å²) >= 11 is 0. The highest BCUT2D eigenvalue weighted by Crippen LogP contribution is 2.41. The van der Waals surface area contributed by atoms with Crippen LogP contribution < -0.4 is 10.1 Å². The van der Waals surface area contributed by atoms with Crippen LogP contribution in [0.25, 0.3) is 0 Å². The number of carbonyl (C=O) groups is 1. The predicted molar refractivity (Wildman–Crippen MR) is 104 cm³/mol. The van der Waals surface area contributed by atoms with Gasteiger partial charge in [0.15, 0.2) is 0 Å². The van der Waals surface area contributed by atoms with Crippen LogP contribution in [0.4, 0.5) is 5.69 Å². The number of anilines is 1. The first-order valence-corrected chi connectivity index (χ1v) is 9.61. The van der Waals surface area contributed by atoms with Crippen LogP contribution in [-0.4, -0.2) is 37.0 Å². The van der Waals surface area contributed by atoms with Gasteiger partial charge in [-0.15, -0.1) is 0 Å². The van der Waals surface area contributed by atoms with Crippen molar-refractivity contribution in [2.24, 2.45) is 5.92 Å². The van der Waals surface area contributed by atoms with Crippen LogP contribution >= 0.6 is 0 Å². The van der Waals surface area contributed by atoms with Gasteiger partial charge in [-0.3, -0.25) is 4.79 Å². The molecule has 1 amide bonds. The molecule has 0 aliphatic carbocycles. The number of carbonyl (C=O) groups excluding carboxylic acids is 1. The van der Waals surface area contributed by atoms with Crippen molar-refractivity contribution in [1.82, 2.24) is 4.90 Å². The second-order valence-electron chi connectivity index (χ2n) is 7.25. The summed E-state index contributed by atoms with van der Waals surface area (Å²) in [5.74, 6) is 1.61. The first-order valence-electron chi connectivity index (χ1n) is 9.61. The second-order valence-corrected chi connectivity index (χ2v) is 7.25. The quantitative estimate of drug-likeness (QED) is 0.803. The molecule has 1 fully saturated rings. The Bertz CT molecular complexity index is 739. The number of hydrogen-bond donors (Lipinski definition) is 1. The zero-order chi connectivity index (χ0) is 17.8. The molecular weight excluding hydrogens is 324 g/mol. The third-order valence-electron chi connectivity index (χ3n) is 5.57. The number of nitrogens with zero attached hydrogens (tertiary/aromatic N) is 1. The number of hydrogen-bond acceptors (Lipinski definition) is 3. The number of piperidine rings is 1. The number of amides is 1. The molecule has 2 aromatic rings. The van der Waals surface area contributed by atoms with Crippen molar-refractivity contribution < 1.29 is 9.53 Å². The number of para-hydroxylation sites is 2. The van der Waals surface area contributed by atoms with Crippen molar-refractivity contribution >= 4 is 11.6 Å². The summed E-state index contributed by atoms with van der Waals surface area (Å²) in [6.45, 7) is 3.96. The fourth-order valence-electron chi connectivity index (χ4n) is 4.21. The van der Waals surface area contributed by atoms with Crippen LogP contribution in [0.2, 0.25) is 0 Å². The third kappa shape index (κ3) is 3.75. The molecule has 1 unspecified atom stereocenters. The van der Waals surface area contributed by atoms with Gasteiger partial charge in [0, 0.05) is 12.2 Å². The summed E-state index contributed by atoms with van der Waals surface area (Å²) in [5.41, 5.74) is 2.19. The third-order valence-corrected chi connectivity index (χ3v) is 5.57. The first-order chi connectivity index (χ1) is 12.8. The summed E-state index contributed by atoms with van der Waals surface area (Å²) in [7, 11) is 0. The van der Waals surface area contributed by atoms with E-state index >= 15 is 0 Å². The highest BCUT2D eigenvalue weighted by atomic mass is 16.5. The van der Waals surface area contributed by atoms with Crippen molar-refractivity contribution in [2.75, 3.05) is 31.6 Å². The number of benzene rings is 2. The van der Waals surface area contributed by atoms with E-state index in [1.165, 1.54) is 5.56 Å². The molecule has 2 aliphatic heterocycles. The van der Waals surface area contributed by atoms with Gasteiger partial charge >= 0.3 is 0 Å². The van der Waals surface area contributed by atoms with Crippen LogP contribution in [-0.2, 0) is 4.79 Å². The van der Waals surface area contributed by atoms with Gasteiger partial charge in [0.05, 0.1) is 12.5 Å². The number of fused-ring (bicyclic) bond motifs is 1. The Morgan fingerprint density at radius 2 is 1.73 bits per heavy atom. The molecule has 136 valence electrons. The zero-order valence-corrected chi connectivity index (χ0v) is 15.1. The molecule has 0 radical (unpaired) electrons. The molecule has 4 nitrogen and oxygen atoms in total. The SMILES string of the molecule is O=C1Nc2ccccc2C1C1CCN(CCCOc2ccccc2)CC1. The largest absolute Gasteiger partial charge is 0.494 e. The number of likely N-dealkylation sites (tertiary alicyclic amines) is 1. The Morgan fingerprint density at radius 1 is 1.00 bits per heavy atom. The Kier molecular flexibility index (Phi) is 5.21. The average molecular weight is 350 g/mol. The summed E-state index contributed by atoms with van der Waals surface area (Å²) < 4.78 is 5.77. The normalized spacial score (nSPS) is 20.6. The van der Waals surface area contributed by atoms with E-state index < -0.39 is 0 Å². The van der Waals surface area contributed by atoms with Crippen molar-refractivity contribution in [1.29, 1.82) is 0 Å². The highest BCUT2D eigenvalue weighted by molar-refractivity contribution is 6.03. The van der Waals surface area contributed by atoms with Crippen molar-refractivity contribution in [3.05, 3.63) is 60.2 Å². The summed E-state index contributed by atoms with van der Waals surface area (Å²) in [4.78, 5) is 14.9. The van der Waals surface area contributed by atoms with Gasteiger partial charge < -0.3 is 15.0 Å². The molecule has 2 heterocycles. The van der Waals surface area contributed by atoms with Crippen LogP contribution in [0.15, 0.2) is 54.6 Å². The molecule has 1 N–H and O–H groups in total. The number of ether oxygens (including phenoxy) is 1. The summed E-state index contributed by atoms with van der Waals surface area (Å²) in [6, 6.07) is 18.1. The van der Waals surface area contributed by atoms with Crippen molar-refractivity contribution in [2.45, 2.75) is 25.2 Å². The fourth-order valence-corrected chi connectivity index (χ4v) is 4.21. The number of nitrogens with one attached hydrogen (secondary N) is 1. The molecule has 0 bridgehead atoms. The molecule has 0 spiro atoms. The molecule has 1 saturated heterocycles. The molecule has 2 aromatic carbocycles. The van der Waals surface area contributed by atoms with Gasteiger partial charge in [-0.2, -0.15) is 0 Å². The Balaban J connectivity index is 1.23.